The fourth-order valence-electron chi connectivity index (χ4n) is 0.837. The topological polar surface area (TPSA) is 0 Å². The smallest absolute Gasteiger partial charge is 0.0313 e. The molecule has 1 rings (SSSR count). The van der Waals surface area contributed by atoms with E-state index in [9.17, 15) is 0 Å². The van der Waals surface area contributed by atoms with Crippen LogP contribution in [-0.4, -0.2) is 0 Å². The van der Waals surface area contributed by atoms with Crippen molar-refractivity contribution < 1.29 is 0 Å². The molecule has 0 heterocycles. The Morgan fingerprint density at radius 1 is 1.00 bits per heavy atom. The van der Waals surface area contributed by atoms with Gasteiger partial charge in [-0.05, 0) is 18.4 Å². The normalized spacial score (nSPS) is 27.8. The van der Waals surface area contributed by atoms with Crippen LogP contribution in [0.4, 0.5) is 0 Å². The largest absolute Gasteiger partial charge is 0.0918 e. The van der Waals surface area contributed by atoms with E-state index in [2.05, 4.69) is 30.9 Å². The van der Waals surface area contributed by atoms with Crippen LogP contribution in [0.5, 0.6) is 0 Å². The van der Waals surface area contributed by atoms with Crippen molar-refractivity contribution in [1.29, 1.82) is 0 Å². The summed E-state index contributed by atoms with van der Waals surface area (Å²) in [6.45, 7) is 3.85. The van der Waals surface area contributed by atoms with Crippen molar-refractivity contribution in [3.63, 3.8) is 0 Å². The van der Waals surface area contributed by atoms with Gasteiger partial charge in [0, 0.05) is 0 Å². The molecule has 0 N–H and O–H groups in total. The zero-order valence-corrected chi connectivity index (χ0v) is 6.09. The third-order valence-corrected chi connectivity index (χ3v) is 1.39. The van der Waals surface area contributed by atoms with Crippen molar-refractivity contribution in [2.24, 2.45) is 0 Å². The van der Waals surface area contributed by atoms with Crippen molar-refractivity contribution in [3.05, 3.63) is 48.6 Å². The maximum absolute atomic E-state index is 3.85. The van der Waals surface area contributed by atoms with Crippen LogP contribution in [-0.2, 0) is 0 Å². The second-order valence-corrected chi connectivity index (χ2v) is 2.34. The summed E-state index contributed by atoms with van der Waals surface area (Å²) in [4.78, 5) is 0. The molecule has 0 saturated carbocycles. The molecule has 0 bridgehead atoms. The predicted octanol–water partition coefficient (Wildman–Crippen LogP) is 3.01. The maximum Gasteiger partial charge on any atom is -0.0313 e. The maximum atomic E-state index is 3.85. The summed E-state index contributed by atoms with van der Waals surface area (Å²) >= 11 is 0. The number of hydrogen-bond donors (Lipinski definition) is 0. The Bertz CT molecular complexity index is 192. The Morgan fingerprint density at radius 3 is 2.70 bits per heavy atom. The van der Waals surface area contributed by atoms with Crippen molar-refractivity contribution in [2.75, 3.05) is 0 Å². The highest BCUT2D eigenvalue weighted by molar-refractivity contribution is 5.30. The van der Waals surface area contributed by atoms with Crippen LogP contribution in [0.15, 0.2) is 48.6 Å². The molecule has 10 heavy (non-hydrogen) atoms. The Balaban J connectivity index is 2.64. The number of allylic oxidation sites excluding steroid dienone is 7. The van der Waals surface area contributed by atoms with Crippen LogP contribution in [0.3, 0.4) is 0 Å². The van der Waals surface area contributed by atoms with Gasteiger partial charge in [0.25, 0.3) is 0 Å². The van der Waals surface area contributed by atoms with E-state index in [0.29, 0.717) is 0 Å². The molecule has 0 heteroatoms. The molecule has 0 saturated heterocycles. The first-order chi connectivity index (χ1) is 4.89. The summed E-state index contributed by atoms with van der Waals surface area (Å²) in [5.74, 6) is 0. The zero-order chi connectivity index (χ0) is 7.23. The Labute approximate surface area is 62.3 Å². The molecule has 0 aliphatic heterocycles. The second kappa shape index (κ2) is 3.89. The van der Waals surface area contributed by atoms with Crippen molar-refractivity contribution >= 4 is 0 Å². The first-order valence-electron chi connectivity index (χ1n) is 3.58. The lowest BCUT2D eigenvalue weighted by atomic mass is 10.2. The lowest BCUT2D eigenvalue weighted by Crippen LogP contribution is -1.64. The third kappa shape index (κ3) is 2.49. The van der Waals surface area contributed by atoms with E-state index in [1.54, 1.807) is 0 Å². The molecule has 0 nitrogen and oxygen atoms in total. The molecular weight excluding hydrogens is 120 g/mol. The van der Waals surface area contributed by atoms with E-state index in [0.717, 1.165) is 18.4 Å². The van der Waals surface area contributed by atoms with Crippen LogP contribution in [0, 0.1) is 0 Å². The van der Waals surface area contributed by atoms with E-state index in [1.165, 1.54) is 0 Å². The highest BCUT2D eigenvalue weighted by Gasteiger charge is 1.81. The minimum absolute atomic E-state index is 1.08. The molecule has 0 aromatic carbocycles. The Hall–Kier alpha value is -1.04. The van der Waals surface area contributed by atoms with E-state index in [-0.39, 0.29) is 0 Å². The predicted molar refractivity (Wildman–Crippen MR) is 45.8 cm³/mol. The molecule has 0 spiro atoms. The number of rotatable bonds is 0. The number of hydrogen-bond acceptors (Lipinski definition) is 0. The van der Waals surface area contributed by atoms with E-state index < -0.39 is 0 Å². The van der Waals surface area contributed by atoms with E-state index >= 15 is 0 Å². The summed E-state index contributed by atoms with van der Waals surface area (Å²) in [5.41, 5.74) is 1.08. The summed E-state index contributed by atoms with van der Waals surface area (Å²) in [6, 6.07) is 0. The van der Waals surface area contributed by atoms with E-state index in [4.69, 9.17) is 0 Å². The molecule has 1 aliphatic carbocycles. The molecule has 52 valence electrons. The minimum Gasteiger partial charge on any atom is -0.0918 e. The van der Waals surface area contributed by atoms with Crippen LogP contribution in [0.25, 0.3) is 0 Å². The fraction of sp³-hybridized carbons (Fsp3) is 0.200. The van der Waals surface area contributed by atoms with Gasteiger partial charge in [0.05, 0.1) is 0 Å². The van der Waals surface area contributed by atoms with Gasteiger partial charge in [-0.2, -0.15) is 0 Å². The summed E-state index contributed by atoms with van der Waals surface area (Å²) in [5, 5.41) is 0. The van der Waals surface area contributed by atoms with Gasteiger partial charge in [0.2, 0.25) is 0 Å². The molecule has 0 unspecified atom stereocenters. The molecule has 0 radical (unpaired) electrons. The zero-order valence-electron chi connectivity index (χ0n) is 6.09. The second-order valence-electron chi connectivity index (χ2n) is 2.34. The van der Waals surface area contributed by atoms with E-state index in [1.807, 2.05) is 12.2 Å². The van der Waals surface area contributed by atoms with Gasteiger partial charge >= 0.3 is 0 Å². The lowest BCUT2D eigenvalue weighted by Gasteiger charge is -1.85. The van der Waals surface area contributed by atoms with Crippen LogP contribution < -0.4 is 0 Å². The molecular formula is C10H12. The molecule has 0 fully saturated rings. The highest BCUT2D eigenvalue weighted by atomic mass is 13.9. The molecule has 0 amide bonds. The molecule has 0 atom stereocenters. The summed E-state index contributed by atoms with van der Waals surface area (Å²) in [6.07, 6.45) is 14.7. The molecule has 0 aromatic rings. The first-order valence-corrected chi connectivity index (χ1v) is 3.58. The van der Waals surface area contributed by atoms with Gasteiger partial charge in [-0.25, -0.2) is 0 Å². The van der Waals surface area contributed by atoms with Gasteiger partial charge in [0.1, 0.15) is 0 Å². The van der Waals surface area contributed by atoms with Crippen molar-refractivity contribution in [2.45, 2.75) is 12.8 Å². The lowest BCUT2D eigenvalue weighted by molar-refractivity contribution is 1.05. The van der Waals surface area contributed by atoms with Gasteiger partial charge in [-0.15, -0.1) is 0 Å². The summed E-state index contributed by atoms with van der Waals surface area (Å²) < 4.78 is 0. The van der Waals surface area contributed by atoms with Gasteiger partial charge in [-0.1, -0.05) is 43.0 Å². The average Bonchev–Trinajstić information content (AvgIpc) is 2.02. The Kier molecular flexibility index (Phi) is 2.75. The third-order valence-electron chi connectivity index (χ3n) is 1.39. The fourth-order valence-corrected chi connectivity index (χ4v) is 0.837. The van der Waals surface area contributed by atoms with Crippen LogP contribution in [0.1, 0.15) is 12.8 Å². The summed E-state index contributed by atoms with van der Waals surface area (Å²) in [7, 11) is 0. The molecule has 0 aromatic heterocycles. The van der Waals surface area contributed by atoms with Crippen molar-refractivity contribution in [1.82, 2.24) is 0 Å². The van der Waals surface area contributed by atoms with Crippen molar-refractivity contribution in [3.8, 4) is 0 Å². The minimum atomic E-state index is 1.08. The van der Waals surface area contributed by atoms with Crippen LogP contribution in [0.2, 0.25) is 0 Å². The average molecular weight is 132 g/mol. The molecule has 1 aliphatic rings. The highest BCUT2D eigenvalue weighted by Crippen LogP contribution is 2.02. The van der Waals surface area contributed by atoms with Gasteiger partial charge in [-0.3, -0.25) is 0 Å². The Morgan fingerprint density at radius 2 is 1.80 bits per heavy atom. The van der Waals surface area contributed by atoms with Gasteiger partial charge in [0.15, 0.2) is 0 Å². The monoisotopic (exact) mass is 132 g/mol. The standard InChI is InChI=1S/C10H12/c1-10-8-6-4-2-3-5-7-9-10/h2,4,6-9H,1,3,5H2/b4-2-,8-6-,9-7-. The first kappa shape index (κ1) is 7.07. The van der Waals surface area contributed by atoms with Crippen LogP contribution >= 0.6 is 0 Å². The SMILES string of the molecule is C=C1/C=C\C=C/CC/C=C\1. The quantitative estimate of drug-likeness (QED) is 0.475. The van der Waals surface area contributed by atoms with Gasteiger partial charge < -0.3 is 0 Å².